The first kappa shape index (κ1) is 17.8. The van der Waals surface area contributed by atoms with Gasteiger partial charge in [0.25, 0.3) is 0 Å². The third-order valence-electron chi connectivity index (χ3n) is 3.56. The summed E-state index contributed by atoms with van der Waals surface area (Å²) >= 11 is 0. The summed E-state index contributed by atoms with van der Waals surface area (Å²) in [6, 6.07) is 5.82. The van der Waals surface area contributed by atoms with Crippen molar-refractivity contribution in [3.8, 4) is 5.75 Å². The number of aliphatic hydroxyl groups is 3. The fourth-order valence-electron chi connectivity index (χ4n) is 2.30. The number of hydrogen-bond donors (Lipinski definition) is 4. The van der Waals surface area contributed by atoms with Gasteiger partial charge in [-0.1, -0.05) is 18.2 Å². The molecule has 128 valence electrons. The summed E-state index contributed by atoms with van der Waals surface area (Å²) in [5, 5.41) is 28.8. The number of esters is 1. The molecule has 23 heavy (non-hydrogen) atoms. The SMILES string of the molecule is CC(=O)Oc1ccccc1COC1O[C@H](CO)[C@@H](O)[C@H](O)[C@@H]1N. The largest absolute Gasteiger partial charge is 0.426 e. The number of benzene rings is 1. The second kappa shape index (κ2) is 7.82. The zero-order valence-electron chi connectivity index (χ0n) is 12.7. The first-order chi connectivity index (χ1) is 10.9. The topological polar surface area (TPSA) is 131 Å². The van der Waals surface area contributed by atoms with Gasteiger partial charge in [0.05, 0.1) is 19.3 Å². The van der Waals surface area contributed by atoms with Crippen molar-refractivity contribution in [2.75, 3.05) is 6.61 Å². The van der Waals surface area contributed by atoms with E-state index in [9.17, 15) is 15.0 Å². The number of nitrogens with two attached hydrogens (primary N) is 1. The number of ether oxygens (including phenoxy) is 3. The molecule has 1 saturated heterocycles. The lowest BCUT2D eigenvalue weighted by molar-refractivity contribution is -0.269. The van der Waals surface area contributed by atoms with Crippen molar-refractivity contribution in [3.63, 3.8) is 0 Å². The van der Waals surface area contributed by atoms with Gasteiger partial charge in [-0.15, -0.1) is 0 Å². The van der Waals surface area contributed by atoms with E-state index in [0.29, 0.717) is 11.3 Å². The average molecular weight is 327 g/mol. The molecule has 5 N–H and O–H groups in total. The maximum atomic E-state index is 11.1. The minimum absolute atomic E-state index is 0.0167. The summed E-state index contributed by atoms with van der Waals surface area (Å²) in [6.07, 6.45) is -4.58. The lowest BCUT2D eigenvalue weighted by atomic mass is 9.98. The van der Waals surface area contributed by atoms with Crippen LogP contribution < -0.4 is 10.5 Å². The molecular weight excluding hydrogens is 306 g/mol. The van der Waals surface area contributed by atoms with Gasteiger partial charge in [0.15, 0.2) is 6.29 Å². The van der Waals surface area contributed by atoms with Gasteiger partial charge in [0.2, 0.25) is 0 Å². The van der Waals surface area contributed by atoms with E-state index >= 15 is 0 Å². The number of rotatable bonds is 5. The minimum Gasteiger partial charge on any atom is -0.426 e. The van der Waals surface area contributed by atoms with Crippen LogP contribution in [0.25, 0.3) is 0 Å². The normalized spacial score (nSPS) is 30.9. The fourth-order valence-corrected chi connectivity index (χ4v) is 2.30. The highest BCUT2D eigenvalue weighted by Crippen LogP contribution is 2.24. The van der Waals surface area contributed by atoms with Crippen LogP contribution >= 0.6 is 0 Å². The van der Waals surface area contributed by atoms with Crippen LogP contribution in [0.15, 0.2) is 24.3 Å². The summed E-state index contributed by atoms with van der Waals surface area (Å²) in [5.74, 6) is -0.106. The van der Waals surface area contributed by atoms with Gasteiger partial charge < -0.3 is 35.3 Å². The Morgan fingerprint density at radius 3 is 2.65 bits per heavy atom. The number of para-hydroxylation sites is 1. The van der Waals surface area contributed by atoms with Crippen molar-refractivity contribution >= 4 is 5.97 Å². The monoisotopic (exact) mass is 327 g/mol. The van der Waals surface area contributed by atoms with Gasteiger partial charge in [-0.05, 0) is 6.07 Å². The van der Waals surface area contributed by atoms with Crippen LogP contribution in [0.5, 0.6) is 5.75 Å². The van der Waals surface area contributed by atoms with Gasteiger partial charge in [0, 0.05) is 12.5 Å². The van der Waals surface area contributed by atoms with E-state index in [1.807, 2.05) is 0 Å². The lowest BCUT2D eigenvalue weighted by Gasteiger charge is -2.40. The molecule has 8 nitrogen and oxygen atoms in total. The van der Waals surface area contributed by atoms with Gasteiger partial charge >= 0.3 is 5.97 Å². The second-order valence-corrected chi connectivity index (χ2v) is 5.30. The van der Waals surface area contributed by atoms with Gasteiger partial charge in [0.1, 0.15) is 24.1 Å². The number of hydrogen-bond acceptors (Lipinski definition) is 8. The Hall–Kier alpha value is -1.55. The molecule has 1 aromatic carbocycles. The van der Waals surface area contributed by atoms with Gasteiger partial charge in [-0.2, -0.15) is 0 Å². The maximum absolute atomic E-state index is 11.1. The molecule has 0 aliphatic carbocycles. The molecule has 0 bridgehead atoms. The molecule has 5 atom stereocenters. The zero-order chi connectivity index (χ0) is 17.0. The molecule has 8 heteroatoms. The predicted octanol–water partition coefficient (Wildman–Crippen LogP) is -1.11. The molecule has 2 rings (SSSR count). The number of carbonyl (C=O) groups excluding carboxylic acids is 1. The predicted molar refractivity (Wildman–Crippen MR) is 78.3 cm³/mol. The summed E-state index contributed by atoms with van der Waals surface area (Å²) in [4.78, 5) is 11.1. The van der Waals surface area contributed by atoms with Crippen LogP contribution in [0.3, 0.4) is 0 Å². The smallest absolute Gasteiger partial charge is 0.308 e. The molecule has 1 aromatic rings. The third-order valence-corrected chi connectivity index (χ3v) is 3.56. The first-order valence-electron chi connectivity index (χ1n) is 7.20. The minimum atomic E-state index is -1.29. The molecule has 0 aromatic heterocycles. The van der Waals surface area contributed by atoms with Gasteiger partial charge in [-0.25, -0.2) is 0 Å². The molecule has 1 unspecified atom stereocenters. The Morgan fingerprint density at radius 1 is 1.30 bits per heavy atom. The van der Waals surface area contributed by atoms with Crippen molar-refractivity contribution < 1.29 is 34.3 Å². The van der Waals surface area contributed by atoms with Crippen LogP contribution in [-0.2, 0) is 20.9 Å². The quantitative estimate of drug-likeness (QED) is 0.396. The number of carbonyl (C=O) groups is 1. The van der Waals surface area contributed by atoms with E-state index in [0.717, 1.165) is 0 Å². The second-order valence-electron chi connectivity index (χ2n) is 5.30. The Morgan fingerprint density at radius 2 is 2.00 bits per heavy atom. The van der Waals surface area contributed by atoms with E-state index < -0.39 is 43.2 Å². The lowest BCUT2D eigenvalue weighted by Crippen LogP contribution is -2.62. The van der Waals surface area contributed by atoms with Crippen LogP contribution in [0.1, 0.15) is 12.5 Å². The molecule has 1 fully saturated rings. The number of aliphatic hydroxyl groups excluding tert-OH is 3. The molecule has 0 spiro atoms. The van der Waals surface area contributed by atoms with Crippen molar-refractivity contribution in [2.24, 2.45) is 5.73 Å². The van der Waals surface area contributed by atoms with E-state index in [2.05, 4.69) is 0 Å². The molecular formula is C15H21NO7. The van der Waals surface area contributed by atoms with Crippen molar-refractivity contribution in [1.29, 1.82) is 0 Å². The van der Waals surface area contributed by atoms with E-state index in [1.165, 1.54) is 6.92 Å². The van der Waals surface area contributed by atoms with Crippen LogP contribution in [0.2, 0.25) is 0 Å². The molecule has 0 amide bonds. The Kier molecular flexibility index (Phi) is 6.05. The van der Waals surface area contributed by atoms with Crippen LogP contribution in [0, 0.1) is 0 Å². The Balaban J connectivity index is 2.04. The van der Waals surface area contributed by atoms with E-state index in [1.54, 1.807) is 24.3 Å². The summed E-state index contributed by atoms with van der Waals surface area (Å²) < 4.78 is 16.0. The Bertz CT molecular complexity index is 536. The van der Waals surface area contributed by atoms with E-state index in [-0.39, 0.29) is 6.61 Å². The summed E-state index contributed by atoms with van der Waals surface area (Å²) in [6.45, 7) is 0.832. The van der Waals surface area contributed by atoms with Gasteiger partial charge in [-0.3, -0.25) is 4.79 Å². The highest BCUT2D eigenvalue weighted by atomic mass is 16.7. The van der Waals surface area contributed by atoms with E-state index in [4.69, 9.17) is 25.1 Å². The zero-order valence-corrected chi connectivity index (χ0v) is 12.7. The third kappa shape index (κ3) is 4.25. The van der Waals surface area contributed by atoms with Crippen molar-refractivity contribution in [1.82, 2.24) is 0 Å². The van der Waals surface area contributed by atoms with Crippen molar-refractivity contribution in [2.45, 2.75) is 44.2 Å². The van der Waals surface area contributed by atoms with Crippen LogP contribution in [0.4, 0.5) is 0 Å². The maximum Gasteiger partial charge on any atom is 0.308 e. The van der Waals surface area contributed by atoms with Crippen molar-refractivity contribution in [3.05, 3.63) is 29.8 Å². The first-order valence-corrected chi connectivity index (χ1v) is 7.20. The fraction of sp³-hybridized carbons (Fsp3) is 0.533. The Labute approximate surface area is 133 Å². The average Bonchev–Trinajstić information content (AvgIpc) is 2.53. The highest BCUT2D eigenvalue weighted by Gasteiger charge is 2.43. The summed E-state index contributed by atoms with van der Waals surface area (Å²) in [7, 11) is 0. The molecule has 1 aliphatic rings. The van der Waals surface area contributed by atoms with Crippen LogP contribution in [-0.4, -0.2) is 58.5 Å². The molecule has 0 saturated carbocycles. The molecule has 1 aliphatic heterocycles. The standard InChI is InChI=1S/C15H21NO7/c1-8(18)22-10-5-3-2-4-9(10)7-21-15-12(16)14(20)13(19)11(6-17)23-15/h2-5,11-15,17,19-20H,6-7,16H2,1H3/t11-,12+,13-,14-,15?/m1/s1. The summed E-state index contributed by atoms with van der Waals surface area (Å²) in [5.41, 5.74) is 6.38. The highest BCUT2D eigenvalue weighted by molar-refractivity contribution is 5.69. The molecule has 0 radical (unpaired) electrons. The molecule has 1 heterocycles.